The minimum atomic E-state index is 0.444. The Kier molecular flexibility index (Phi) is 6.50. The third kappa shape index (κ3) is 4.19. The van der Waals surface area contributed by atoms with Crippen molar-refractivity contribution in [2.75, 3.05) is 19.1 Å². The predicted molar refractivity (Wildman–Crippen MR) is 65.7 cm³/mol. The summed E-state index contributed by atoms with van der Waals surface area (Å²) in [4.78, 5) is 6.35. The Balaban J connectivity index is 0.000000921. The monoisotopic (exact) mass is 210 g/mol. The Hall–Kier alpha value is -1.25. The zero-order valence-corrected chi connectivity index (χ0v) is 10.6. The molecule has 0 saturated heterocycles. The quantitative estimate of drug-likeness (QED) is 0.767. The van der Waals surface area contributed by atoms with Gasteiger partial charge in [0.05, 0.1) is 7.11 Å². The number of anilines is 1. The lowest BCUT2D eigenvalue weighted by Crippen LogP contribution is -2.26. The average Bonchev–Trinajstić information content (AvgIpc) is 2.30. The van der Waals surface area contributed by atoms with Gasteiger partial charge < -0.3 is 9.64 Å². The summed E-state index contributed by atoms with van der Waals surface area (Å²) in [6.07, 6.45) is 1.76. The maximum atomic E-state index is 5.12. The van der Waals surface area contributed by atoms with Crippen molar-refractivity contribution in [2.24, 2.45) is 0 Å². The first-order chi connectivity index (χ1) is 7.15. The third-order valence-electron chi connectivity index (χ3n) is 2.09. The van der Waals surface area contributed by atoms with Gasteiger partial charge >= 0.3 is 0 Å². The molecule has 0 spiro atoms. The van der Waals surface area contributed by atoms with Gasteiger partial charge in [-0.15, -0.1) is 0 Å². The highest BCUT2D eigenvalue weighted by atomic mass is 16.5. The van der Waals surface area contributed by atoms with Crippen molar-refractivity contribution in [3.05, 3.63) is 18.3 Å². The van der Waals surface area contributed by atoms with Gasteiger partial charge in [-0.05, 0) is 19.9 Å². The molecule has 0 amide bonds. The molecule has 1 heterocycles. The normalized spacial score (nSPS) is 9.27. The van der Waals surface area contributed by atoms with Crippen LogP contribution in [0.25, 0.3) is 0 Å². The number of rotatable bonds is 3. The molecule has 1 aromatic rings. The number of aromatic nitrogens is 1. The fraction of sp³-hybridized carbons (Fsp3) is 0.583. The van der Waals surface area contributed by atoms with E-state index >= 15 is 0 Å². The van der Waals surface area contributed by atoms with Crippen LogP contribution in [-0.2, 0) is 0 Å². The fourth-order valence-electron chi connectivity index (χ4n) is 0.984. The Morgan fingerprint density at radius 3 is 2.40 bits per heavy atom. The van der Waals surface area contributed by atoms with E-state index in [-0.39, 0.29) is 0 Å². The standard InChI is InChI=1S/C10H16N2O.C2H6/c1-8(2)12(3)10-7-9(13-4)5-6-11-10;1-2/h5-8H,1-4H3;1-2H3. The van der Waals surface area contributed by atoms with Crippen LogP contribution in [-0.4, -0.2) is 25.2 Å². The van der Waals surface area contributed by atoms with Crippen LogP contribution < -0.4 is 9.64 Å². The number of nitrogens with zero attached hydrogens (tertiary/aromatic N) is 2. The number of hydrogen-bond acceptors (Lipinski definition) is 3. The summed E-state index contributed by atoms with van der Waals surface area (Å²) in [6, 6.07) is 4.22. The van der Waals surface area contributed by atoms with Gasteiger partial charge in [0.1, 0.15) is 11.6 Å². The summed E-state index contributed by atoms with van der Waals surface area (Å²) in [6.45, 7) is 8.25. The van der Waals surface area contributed by atoms with Crippen LogP contribution >= 0.6 is 0 Å². The van der Waals surface area contributed by atoms with Crippen LogP contribution in [0.1, 0.15) is 27.7 Å². The van der Waals surface area contributed by atoms with Crippen LogP contribution in [0.2, 0.25) is 0 Å². The Bertz CT molecular complexity index is 274. The minimum absolute atomic E-state index is 0.444. The molecule has 15 heavy (non-hydrogen) atoms. The predicted octanol–water partition coefficient (Wildman–Crippen LogP) is 2.96. The van der Waals surface area contributed by atoms with E-state index in [1.807, 2.05) is 33.0 Å². The number of ether oxygens (including phenoxy) is 1. The van der Waals surface area contributed by atoms with E-state index in [0.717, 1.165) is 11.6 Å². The second kappa shape index (κ2) is 7.10. The Morgan fingerprint density at radius 1 is 1.33 bits per heavy atom. The number of hydrogen-bond donors (Lipinski definition) is 0. The maximum Gasteiger partial charge on any atom is 0.132 e. The van der Waals surface area contributed by atoms with Gasteiger partial charge in [0.15, 0.2) is 0 Å². The van der Waals surface area contributed by atoms with Crippen LogP contribution in [0.15, 0.2) is 18.3 Å². The van der Waals surface area contributed by atoms with Gasteiger partial charge in [-0.3, -0.25) is 0 Å². The molecule has 0 bridgehead atoms. The van der Waals surface area contributed by atoms with E-state index in [9.17, 15) is 0 Å². The molecule has 0 aromatic carbocycles. The van der Waals surface area contributed by atoms with Crippen molar-refractivity contribution in [3.63, 3.8) is 0 Å². The van der Waals surface area contributed by atoms with Gasteiger partial charge in [0.25, 0.3) is 0 Å². The summed E-state index contributed by atoms with van der Waals surface area (Å²) < 4.78 is 5.12. The highest BCUT2D eigenvalue weighted by Crippen LogP contribution is 2.17. The molecule has 86 valence electrons. The van der Waals surface area contributed by atoms with Gasteiger partial charge in [0, 0.05) is 25.4 Å². The van der Waals surface area contributed by atoms with Gasteiger partial charge in [-0.25, -0.2) is 4.98 Å². The van der Waals surface area contributed by atoms with Crippen molar-refractivity contribution in [1.29, 1.82) is 0 Å². The maximum absolute atomic E-state index is 5.12. The molecule has 0 saturated carbocycles. The summed E-state index contributed by atoms with van der Waals surface area (Å²) in [5.41, 5.74) is 0. The van der Waals surface area contributed by atoms with Gasteiger partial charge in [-0.2, -0.15) is 0 Å². The molecule has 0 aliphatic rings. The molecular formula is C12H22N2O. The van der Waals surface area contributed by atoms with Gasteiger partial charge in [0.2, 0.25) is 0 Å². The highest BCUT2D eigenvalue weighted by molar-refractivity contribution is 5.43. The first-order valence-electron chi connectivity index (χ1n) is 5.38. The lowest BCUT2D eigenvalue weighted by molar-refractivity contribution is 0.414. The van der Waals surface area contributed by atoms with E-state index in [1.165, 1.54) is 0 Å². The topological polar surface area (TPSA) is 25.4 Å². The van der Waals surface area contributed by atoms with Crippen LogP contribution in [0.3, 0.4) is 0 Å². The van der Waals surface area contributed by atoms with E-state index in [0.29, 0.717) is 6.04 Å². The molecule has 0 aliphatic heterocycles. The molecule has 0 atom stereocenters. The molecule has 0 N–H and O–H groups in total. The molecule has 3 heteroatoms. The summed E-state index contributed by atoms with van der Waals surface area (Å²) in [5.74, 6) is 1.78. The van der Waals surface area contributed by atoms with Crippen molar-refractivity contribution in [1.82, 2.24) is 4.98 Å². The first-order valence-corrected chi connectivity index (χ1v) is 5.38. The first kappa shape index (κ1) is 13.8. The van der Waals surface area contributed by atoms with Crippen molar-refractivity contribution in [3.8, 4) is 5.75 Å². The third-order valence-corrected chi connectivity index (χ3v) is 2.09. The highest BCUT2D eigenvalue weighted by Gasteiger charge is 2.06. The number of methoxy groups -OCH3 is 1. The minimum Gasteiger partial charge on any atom is -0.497 e. The van der Waals surface area contributed by atoms with E-state index in [2.05, 4.69) is 23.7 Å². The molecule has 0 radical (unpaired) electrons. The largest absolute Gasteiger partial charge is 0.497 e. The molecule has 1 aromatic heterocycles. The SMILES string of the molecule is CC.COc1ccnc(N(C)C(C)C)c1. The van der Waals surface area contributed by atoms with Crippen molar-refractivity contribution >= 4 is 5.82 Å². The van der Waals surface area contributed by atoms with Crippen LogP contribution in [0.5, 0.6) is 5.75 Å². The molecule has 0 fully saturated rings. The lowest BCUT2D eigenvalue weighted by Gasteiger charge is -2.22. The number of pyridine rings is 1. The van der Waals surface area contributed by atoms with Crippen LogP contribution in [0, 0.1) is 0 Å². The van der Waals surface area contributed by atoms with E-state index in [4.69, 9.17) is 4.74 Å². The van der Waals surface area contributed by atoms with Gasteiger partial charge in [-0.1, -0.05) is 13.8 Å². The smallest absolute Gasteiger partial charge is 0.132 e. The van der Waals surface area contributed by atoms with Crippen LogP contribution in [0.4, 0.5) is 5.82 Å². The van der Waals surface area contributed by atoms with E-state index in [1.54, 1.807) is 13.3 Å². The van der Waals surface area contributed by atoms with E-state index < -0.39 is 0 Å². The Morgan fingerprint density at radius 2 is 1.93 bits per heavy atom. The summed E-state index contributed by atoms with van der Waals surface area (Å²) >= 11 is 0. The average molecular weight is 210 g/mol. The second-order valence-corrected chi connectivity index (χ2v) is 3.26. The lowest BCUT2D eigenvalue weighted by atomic mass is 10.3. The molecule has 1 rings (SSSR count). The molecule has 3 nitrogen and oxygen atoms in total. The second-order valence-electron chi connectivity index (χ2n) is 3.26. The summed E-state index contributed by atoms with van der Waals surface area (Å²) in [7, 11) is 3.68. The zero-order valence-electron chi connectivity index (χ0n) is 10.6. The fourth-order valence-corrected chi connectivity index (χ4v) is 0.984. The molecule has 0 unspecified atom stereocenters. The van der Waals surface area contributed by atoms with Crippen molar-refractivity contribution in [2.45, 2.75) is 33.7 Å². The molecular weight excluding hydrogens is 188 g/mol. The van der Waals surface area contributed by atoms with Crippen molar-refractivity contribution < 1.29 is 4.74 Å². The summed E-state index contributed by atoms with van der Waals surface area (Å²) in [5, 5.41) is 0. The zero-order chi connectivity index (χ0) is 11.8. The Labute approximate surface area is 93.1 Å². The molecule has 0 aliphatic carbocycles.